The van der Waals surface area contributed by atoms with Gasteiger partial charge in [-0.05, 0) is 54.8 Å². The number of nitrogens with zero attached hydrogens (tertiary/aromatic N) is 2. The minimum Gasteiger partial charge on any atom is -0.326 e. The summed E-state index contributed by atoms with van der Waals surface area (Å²) in [5.74, 6) is -0.811. The van der Waals surface area contributed by atoms with Crippen LogP contribution < -0.4 is 10.6 Å². The maximum Gasteiger partial charge on any atom is 0.416 e. The van der Waals surface area contributed by atoms with E-state index in [2.05, 4.69) is 15.7 Å². The van der Waals surface area contributed by atoms with Crippen LogP contribution in [0.15, 0.2) is 67.0 Å². The van der Waals surface area contributed by atoms with E-state index >= 15 is 0 Å². The Labute approximate surface area is 183 Å². The third kappa shape index (κ3) is 5.96. The van der Waals surface area contributed by atoms with Crippen LogP contribution in [0, 0.1) is 0 Å². The van der Waals surface area contributed by atoms with Crippen molar-refractivity contribution in [3.8, 4) is 0 Å². The minimum atomic E-state index is -4.39. The number of rotatable bonds is 7. The van der Waals surface area contributed by atoms with Crippen molar-refractivity contribution < 1.29 is 22.8 Å². The summed E-state index contributed by atoms with van der Waals surface area (Å²) in [6, 6.07) is 12.7. The molecule has 32 heavy (non-hydrogen) atoms. The standard InChI is InChI=1S/C23H23F3N4O2/c1-15(17-7-9-18(10-8-17)23(24,25)26)13-21(31)28-19-5-3-6-20(14-19)29-22(32)16(2)30-12-4-11-27-30/h3-12,14-16H,13H2,1-2H3,(H,28,31)(H,29,32). The van der Waals surface area contributed by atoms with Crippen LogP contribution in [0.1, 0.15) is 43.4 Å². The number of halogens is 3. The van der Waals surface area contributed by atoms with Crippen LogP contribution in [0.4, 0.5) is 24.5 Å². The van der Waals surface area contributed by atoms with Crippen LogP contribution in [0.5, 0.6) is 0 Å². The maximum absolute atomic E-state index is 12.7. The van der Waals surface area contributed by atoms with E-state index in [-0.39, 0.29) is 24.2 Å². The summed E-state index contributed by atoms with van der Waals surface area (Å²) in [5, 5.41) is 9.59. The fraction of sp³-hybridized carbons (Fsp3) is 0.261. The van der Waals surface area contributed by atoms with E-state index in [0.29, 0.717) is 16.9 Å². The average Bonchev–Trinajstić information content (AvgIpc) is 3.27. The molecule has 0 aliphatic heterocycles. The monoisotopic (exact) mass is 444 g/mol. The predicted octanol–water partition coefficient (Wildman–Crippen LogP) is 5.23. The molecule has 2 aromatic carbocycles. The van der Waals surface area contributed by atoms with E-state index in [9.17, 15) is 22.8 Å². The van der Waals surface area contributed by atoms with Crippen molar-refractivity contribution >= 4 is 23.2 Å². The molecule has 2 N–H and O–H groups in total. The van der Waals surface area contributed by atoms with Gasteiger partial charge in [0.15, 0.2) is 0 Å². The highest BCUT2D eigenvalue weighted by Crippen LogP contribution is 2.30. The van der Waals surface area contributed by atoms with Gasteiger partial charge in [-0.2, -0.15) is 18.3 Å². The molecule has 1 heterocycles. The van der Waals surface area contributed by atoms with E-state index in [1.54, 1.807) is 56.6 Å². The van der Waals surface area contributed by atoms with Gasteiger partial charge in [0.1, 0.15) is 6.04 Å². The molecule has 6 nitrogen and oxygen atoms in total. The lowest BCUT2D eigenvalue weighted by Crippen LogP contribution is -2.24. The van der Waals surface area contributed by atoms with Gasteiger partial charge in [0.05, 0.1) is 5.56 Å². The highest BCUT2D eigenvalue weighted by atomic mass is 19.4. The molecule has 0 saturated heterocycles. The van der Waals surface area contributed by atoms with E-state index < -0.39 is 17.8 Å². The summed E-state index contributed by atoms with van der Waals surface area (Å²) in [4.78, 5) is 24.8. The zero-order valence-electron chi connectivity index (χ0n) is 17.6. The van der Waals surface area contributed by atoms with Crippen LogP contribution in [-0.4, -0.2) is 21.6 Å². The van der Waals surface area contributed by atoms with Gasteiger partial charge in [-0.15, -0.1) is 0 Å². The van der Waals surface area contributed by atoms with Crippen LogP contribution in [-0.2, 0) is 15.8 Å². The summed E-state index contributed by atoms with van der Waals surface area (Å²) in [5.41, 5.74) is 0.933. The Morgan fingerprint density at radius 3 is 2.25 bits per heavy atom. The topological polar surface area (TPSA) is 76.0 Å². The van der Waals surface area contributed by atoms with E-state index in [1.165, 1.54) is 16.8 Å². The first-order valence-electron chi connectivity index (χ1n) is 10.0. The Morgan fingerprint density at radius 2 is 1.66 bits per heavy atom. The van der Waals surface area contributed by atoms with Gasteiger partial charge >= 0.3 is 6.18 Å². The molecule has 168 valence electrons. The molecule has 3 rings (SSSR count). The van der Waals surface area contributed by atoms with Gasteiger partial charge in [0, 0.05) is 30.2 Å². The second-order valence-corrected chi connectivity index (χ2v) is 7.51. The summed E-state index contributed by atoms with van der Waals surface area (Å²) in [6.07, 6.45) is -1.02. The van der Waals surface area contributed by atoms with Crippen molar-refractivity contribution in [3.63, 3.8) is 0 Å². The molecule has 0 aliphatic rings. The average molecular weight is 444 g/mol. The Hall–Kier alpha value is -3.62. The number of alkyl halides is 3. The van der Waals surface area contributed by atoms with Crippen LogP contribution >= 0.6 is 0 Å². The first kappa shape index (κ1) is 23.1. The number of anilines is 2. The molecule has 9 heteroatoms. The molecule has 2 unspecified atom stereocenters. The Kier molecular flexibility index (Phi) is 6.97. The summed E-state index contributed by atoms with van der Waals surface area (Å²) >= 11 is 0. The zero-order chi connectivity index (χ0) is 23.3. The van der Waals surface area contributed by atoms with Crippen molar-refractivity contribution in [1.29, 1.82) is 0 Å². The predicted molar refractivity (Wildman–Crippen MR) is 115 cm³/mol. The quantitative estimate of drug-likeness (QED) is 0.524. The summed E-state index contributed by atoms with van der Waals surface area (Å²) in [7, 11) is 0. The number of carbonyl (C=O) groups is 2. The fourth-order valence-corrected chi connectivity index (χ4v) is 3.16. The first-order valence-corrected chi connectivity index (χ1v) is 10.0. The summed E-state index contributed by atoms with van der Waals surface area (Å²) < 4.78 is 39.6. The van der Waals surface area contributed by atoms with Gasteiger partial charge in [-0.1, -0.05) is 25.1 Å². The Morgan fingerprint density at radius 1 is 1.00 bits per heavy atom. The van der Waals surface area contributed by atoms with Crippen molar-refractivity contribution in [3.05, 3.63) is 78.1 Å². The molecular formula is C23H23F3N4O2. The van der Waals surface area contributed by atoms with Gasteiger partial charge in [-0.3, -0.25) is 14.3 Å². The van der Waals surface area contributed by atoms with Crippen molar-refractivity contribution in [2.24, 2.45) is 0 Å². The normalized spacial score (nSPS) is 13.3. The molecular weight excluding hydrogens is 421 g/mol. The fourth-order valence-electron chi connectivity index (χ4n) is 3.16. The number of hydrogen-bond acceptors (Lipinski definition) is 3. The molecule has 3 aromatic rings. The number of hydrogen-bond donors (Lipinski definition) is 2. The van der Waals surface area contributed by atoms with Gasteiger partial charge in [-0.25, -0.2) is 0 Å². The molecule has 2 amide bonds. The Bertz CT molecular complexity index is 1060. The highest BCUT2D eigenvalue weighted by Gasteiger charge is 2.30. The molecule has 0 aliphatic carbocycles. The highest BCUT2D eigenvalue weighted by molar-refractivity contribution is 5.95. The molecule has 0 radical (unpaired) electrons. The van der Waals surface area contributed by atoms with Gasteiger partial charge in [0.2, 0.25) is 11.8 Å². The van der Waals surface area contributed by atoms with Gasteiger partial charge < -0.3 is 10.6 Å². The molecule has 0 spiro atoms. The molecule has 0 fully saturated rings. The first-order chi connectivity index (χ1) is 15.1. The number of benzene rings is 2. The molecule has 0 saturated carbocycles. The minimum absolute atomic E-state index is 0.0955. The number of carbonyl (C=O) groups excluding carboxylic acids is 2. The van der Waals surface area contributed by atoms with Crippen LogP contribution in [0.2, 0.25) is 0 Å². The van der Waals surface area contributed by atoms with Crippen molar-refractivity contribution in [2.75, 3.05) is 10.6 Å². The second kappa shape index (κ2) is 9.67. The number of amides is 2. The summed E-state index contributed by atoms with van der Waals surface area (Å²) in [6.45, 7) is 3.49. The van der Waals surface area contributed by atoms with E-state index in [4.69, 9.17) is 0 Å². The molecule has 1 aromatic heterocycles. The molecule has 2 atom stereocenters. The van der Waals surface area contributed by atoms with Crippen molar-refractivity contribution in [2.45, 2.75) is 38.4 Å². The van der Waals surface area contributed by atoms with E-state index in [0.717, 1.165) is 12.1 Å². The number of aromatic nitrogens is 2. The van der Waals surface area contributed by atoms with E-state index in [1.807, 2.05) is 0 Å². The van der Waals surface area contributed by atoms with Gasteiger partial charge in [0.25, 0.3) is 0 Å². The zero-order valence-corrected chi connectivity index (χ0v) is 17.6. The van der Waals surface area contributed by atoms with Crippen LogP contribution in [0.25, 0.3) is 0 Å². The largest absolute Gasteiger partial charge is 0.416 e. The van der Waals surface area contributed by atoms with Crippen LogP contribution in [0.3, 0.4) is 0 Å². The number of nitrogens with one attached hydrogen (secondary N) is 2. The lowest BCUT2D eigenvalue weighted by Gasteiger charge is -2.15. The SMILES string of the molecule is CC(CC(=O)Nc1cccc(NC(=O)C(C)n2cccn2)c1)c1ccc(C(F)(F)F)cc1. The Balaban J connectivity index is 1.57. The van der Waals surface area contributed by atoms with Crippen molar-refractivity contribution in [1.82, 2.24) is 9.78 Å². The maximum atomic E-state index is 12.7. The lowest BCUT2D eigenvalue weighted by molar-refractivity contribution is -0.137. The third-order valence-corrected chi connectivity index (χ3v) is 5.01. The second-order valence-electron chi connectivity index (χ2n) is 7.51. The molecule has 0 bridgehead atoms. The smallest absolute Gasteiger partial charge is 0.326 e. The lowest BCUT2D eigenvalue weighted by atomic mass is 9.96. The third-order valence-electron chi connectivity index (χ3n) is 5.01.